The Morgan fingerprint density at radius 2 is 1.69 bits per heavy atom. The molecule has 2 amide bonds. The third kappa shape index (κ3) is 3.61. The summed E-state index contributed by atoms with van der Waals surface area (Å²) in [6, 6.07) is 26.2. The van der Waals surface area contributed by atoms with Crippen LogP contribution in [0.25, 0.3) is 10.9 Å². The highest BCUT2D eigenvalue weighted by Gasteiger charge is 2.56. The monoisotopic (exact) mass is 497 g/mol. The zero-order valence-corrected chi connectivity index (χ0v) is 21.0. The number of aromatic nitrogens is 1. The molecule has 0 saturated carbocycles. The van der Waals surface area contributed by atoms with Gasteiger partial charge in [0, 0.05) is 34.9 Å². The van der Waals surface area contributed by atoms with Gasteiger partial charge in [-0.2, -0.15) is 0 Å². The number of aromatic amines is 1. The number of carbonyl (C=O) groups is 2. The van der Waals surface area contributed by atoms with Crippen LogP contribution in [0.1, 0.15) is 41.6 Å². The summed E-state index contributed by atoms with van der Waals surface area (Å²) in [7, 11) is 0. The molecule has 4 aromatic rings. The number of benzene rings is 3. The SMILES string of the molecule is CC12C(=O)N(CCCc3ccccc3)CC(=O)N1CC(c1ccc(Cl)cc1)c1c2[nH]c2ccccc12. The lowest BCUT2D eigenvalue weighted by molar-refractivity contribution is -0.166. The molecule has 3 aromatic carbocycles. The van der Waals surface area contributed by atoms with Crippen LogP contribution in [0.5, 0.6) is 0 Å². The smallest absolute Gasteiger partial charge is 0.254 e. The standard InChI is InChI=1S/C30H28ClN3O2/c1-30-28-27(23-11-5-6-12-25(23)32-28)24(21-13-15-22(31)16-14-21)18-34(30)26(35)19-33(29(30)36)17-7-10-20-8-3-2-4-9-20/h2-6,8-9,11-16,24,32H,7,10,17-19H2,1H3. The van der Waals surface area contributed by atoms with Gasteiger partial charge >= 0.3 is 0 Å². The first kappa shape index (κ1) is 22.9. The van der Waals surface area contributed by atoms with E-state index in [9.17, 15) is 9.59 Å². The van der Waals surface area contributed by atoms with Crippen LogP contribution in [0, 0.1) is 0 Å². The first-order chi connectivity index (χ1) is 17.5. The highest BCUT2D eigenvalue weighted by molar-refractivity contribution is 6.30. The Balaban J connectivity index is 1.39. The Morgan fingerprint density at radius 3 is 2.47 bits per heavy atom. The fraction of sp³-hybridized carbons (Fsp3) is 0.267. The maximum absolute atomic E-state index is 14.1. The molecule has 2 unspecified atom stereocenters. The molecule has 1 saturated heterocycles. The van der Waals surface area contributed by atoms with Crippen LogP contribution in [0.3, 0.4) is 0 Å². The zero-order chi connectivity index (χ0) is 24.9. The number of hydrogen-bond acceptors (Lipinski definition) is 2. The van der Waals surface area contributed by atoms with E-state index < -0.39 is 5.54 Å². The van der Waals surface area contributed by atoms with Crippen molar-refractivity contribution >= 4 is 34.3 Å². The van der Waals surface area contributed by atoms with Gasteiger partial charge in [-0.25, -0.2) is 0 Å². The number of H-pyrrole nitrogens is 1. The predicted octanol–water partition coefficient (Wildman–Crippen LogP) is 5.49. The van der Waals surface area contributed by atoms with Crippen molar-refractivity contribution in [3.05, 3.63) is 106 Å². The molecule has 1 fully saturated rings. The highest BCUT2D eigenvalue weighted by atomic mass is 35.5. The average Bonchev–Trinajstić information content (AvgIpc) is 3.29. The van der Waals surface area contributed by atoms with Crippen molar-refractivity contribution in [3.8, 4) is 0 Å². The molecule has 1 N–H and O–H groups in total. The number of fused-ring (bicyclic) bond motifs is 5. The molecule has 5 nitrogen and oxygen atoms in total. The van der Waals surface area contributed by atoms with Gasteiger partial charge < -0.3 is 14.8 Å². The molecule has 3 heterocycles. The van der Waals surface area contributed by atoms with Gasteiger partial charge in [-0.15, -0.1) is 0 Å². The quantitative estimate of drug-likeness (QED) is 0.396. The molecule has 0 radical (unpaired) electrons. The summed E-state index contributed by atoms with van der Waals surface area (Å²) < 4.78 is 0. The molecule has 36 heavy (non-hydrogen) atoms. The van der Waals surface area contributed by atoms with E-state index in [4.69, 9.17) is 11.6 Å². The topological polar surface area (TPSA) is 56.4 Å². The Morgan fingerprint density at radius 1 is 0.972 bits per heavy atom. The molecule has 2 atom stereocenters. The lowest BCUT2D eigenvalue weighted by atomic mass is 9.76. The largest absolute Gasteiger partial charge is 0.356 e. The number of amides is 2. The zero-order valence-electron chi connectivity index (χ0n) is 20.2. The number of carbonyl (C=O) groups excluding carboxylic acids is 2. The Kier molecular flexibility index (Phi) is 5.60. The summed E-state index contributed by atoms with van der Waals surface area (Å²) >= 11 is 6.18. The first-order valence-electron chi connectivity index (χ1n) is 12.5. The minimum absolute atomic E-state index is 0.0138. The third-order valence-corrected chi connectivity index (χ3v) is 8.08. The van der Waals surface area contributed by atoms with E-state index in [0.29, 0.717) is 18.1 Å². The average molecular weight is 498 g/mol. The van der Waals surface area contributed by atoms with Gasteiger partial charge in [0.2, 0.25) is 5.91 Å². The summed E-state index contributed by atoms with van der Waals surface area (Å²) in [5.74, 6) is -0.0829. The Bertz CT molecular complexity index is 1450. The van der Waals surface area contributed by atoms with Crippen molar-refractivity contribution < 1.29 is 9.59 Å². The van der Waals surface area contributed by atoms with Crippen LogP contribution in [0.4, 0.5) is 0 Å². The van der Waals surface area contributed by atoms with Crippen LogP contribution in [0.15, 0.2) is 78.9 Å². The maximum atomic E-state index is 14.1. The fourth-order valence-electron chi connectivity index (χ4n) is 5.97. The van der Waals surface area contributed by atoms with Gasteiger partial charge in [-0.1, -0.05) is 72.3 Å². The molecule has 6 rings (SSSR count). The molecule has 0 aliphatic carbocycles. The van der Waals surface area contributed by atoms with Crippen molar-refractivity contribution in [1.82, 2.24) is 14.8 Å². The number of aryl methyl sites for hydroxylation is 1. The summed E-state index contributed by atoms with van der Waals surface area (Å²) in [4.78, 5) is 34.8. The number of nitrogens with one attached hydrogen (secondary N) is 1. The van der Waals surface area contributed by atoms with Gasteiger partial charge in [0.05, 0.1) is 12.2 Å². The maximum Gasteiger partial charge on any atom is 0.254 e. The molecule has 6 heteroatoms. The van der Waals surface area contributed by atoms with E-state index >= 15 is 0 Å². The fourth-order valence-corrected chi connectivity index (χ4v) is 6.10. The molecular weight excluding hydrogens is 470 g/mol. The number of hydrogen-bond donors (Lipinski definition) is 1. The van der Waals surface area contributed by atoms with Crippen LogP contribution in [-0.4, -0.2) is 46.2 Å². The summed E-state index contributed by atoms with van der Waals surface area (Å²) in [5, 5.41) is 1.77. The van der Waals surface area contributed by atoms with Crippen molar-refractivity contribution in [2.75, 3.05) is 19.6 Å². The third-order valence-electron chi connectivity index (χ3n) is 7.83. The molecule has 0 spiro atoms. The summed E-state index contributed by atoms with van der Waals surface area (Å²) in [6.45, 7) is 3.03. The molecule has 1 aromatic heterocycles. The molecular formula is C30H28ClN3O2. The van der Waals surface area contributed by atoms with E-state index in [1.165, 1.54) is 5.56 Å². The van der Waals surface area contributed by atoms with Crippen molar-refractivity contribution in [1.29, 1.82) is 0 Å². The second kappa shape index (κ2) is 8.82. The number of nitrogens with zero attached hydrogens (tertiary/aromatic N) is 2. The van der Waals surface area contributed by atoms with E-state index in [-0.39, 0.29) is 24.3 Å². The Hall–Kier alpha value is -3.57. The van der Waals surface area contributed by atoms with Gasteiger partial charge in [0.25, 0.3) is 5.91 Å². The van der Waals surface area contributed by atoms with Crippen molar-refractivity contribution in [2.24, 2.45) is 0 Å². The molecule has 182 valence electrons. The van der Waals surface area contributed by atoms with Crippen LogP contribution < -0.4 is 0 Å². The molecule has 2 aliphatic heterocycles. The minimum atomic E-state index is -1.07. The number of piperazine rings is 1. The minimum Gasteiger partial charge on any atom is -0.356 e. The predicted molar refractivity (Wildman–Crippen MR) is 142 cm³/mol. The highest BCUT2D eigenvalue weighted by Crippen LogP contribution is 2.48. The van der Waals surface area contributed by atoms with Crippen molar-refractivity contribution in [2.45, 2.75) is 31.2 Å². The van der Waals surface area contributed by atoms with Crippen molar-refractivity contribution in [3.63, 3.8) is 0 Å². The van der Waals surface area contributed by atoms with E-state index in [1.807, 2.05) is 67.6 Å². The van der Waals surface area contributed by atoms with Gasteiger partial charge in [0.15, 0.2) is 5.54 Å². The number of rotatable bonds is 5. The number of halogens is 1. The van der Waals surface area contributed by atoms with Gasteiger partial charge in [-0.05, 0) is 54.7 Å². The lowest BCUT2D eigenvalue weighted by Crippen LogP contribution is -2.67. The second-order valence-corrected chi connectivity index (χ2v) is 10.4. The Labute approximate surface area is 215 Å². The second-order valence-electron chi connectivity index (χ2n) is 9.96. The van der Waals surface area contributed by atoms with E-state index in [1.54, 1.807) is 9.80 Å². The summed E-state index contributed by atoms with van der Waals surface area (Å²) in [5.41, 5.74) is 4.14. The first-order valence-corrected chi connectivity index (χ1v) is 12.8. The van der Waals surface area contributed by atoms with E-state index in [0.717, 1.165) is 40.6 Å². The number of para-hydroxylation sites is 1. The lowest BCUT2D eigenvalue weighted by Gasteiger charge is -2.51. The van der Waals surface area contributed by atoms with Crippen LogP contribution >= 0.6 is 11.6 Å². The normalized spacial score (nSPS) is 21.6. The van der Waals surface area contributed by atoms with E-state index in [2.05, 4.69) is 23.2 Å². The summed E-state index contributed by atoms with van der Waals surface area (Å²) in [6.07, 6.45) is 1.68. The molecule has 0 bridgehead atoms. The molecule has 2 aliphatic rings. The van der Waals surface area contributed by atoms with Gasteiger partial charge in [0.1, 0.15) is 0 Å². The van der Waals surface area contributed by atoms with Gasteiger partial charge in [-0.3, -0.25) is 9.59 Å². The van der Waals surface area contributed by atoms with Crippen LogP contribution in [-0.2, 0) is 21.5 Å². The van der Waals surface area contributed by atoms with Crippen LogP contribution in [0.2, 0.25) is 5.02 Å².